The van der Waals surface area contributed by atoms with Crippen LogP contribution in [0.25, 0.3) is 6.08 Å². The summed E-state index contributed by atoms with van der Waals surface area (Å²) in [6.07, 6.45) is 2.81. The molecule has 0 aliphatic carbocycles. The van der Waals surface area contributed by atoms with E-state index in [2.05, 4.69) is 5.10 Å². The Morgan fingerprint density at radius 2 is 1.82 bits per heavy atom. The number of ether oxygens (including phenoxy) is 2. The van der Waals surface area contributed by atoms with Crippen LogP contribution in [-0.2, 0) is 27.4 Å². The van der Waals surface area contributed by atoms with Gasteiger partial charge in [0.05, 0.1) is 19.3 Å². The third kappa shape index (κ3) is 6.48. The van der Waals surface area contributed by atoms with Gasteiger partial charge in [-0.15, -0.1) is 0 Å². The highest BCUT2D eigenvalue weighted by atomic mass is 35.5. The Kier molecular flexibility index (Phi) is 8.49. The number of carbonyl (C=O) groups excluding carboxylic acids is 2. The van der Waals surface area contributed by atoms with E-state index in [0.717, 1.165) is 11.1 Å². The Morgan fingerprint density at radius 1 is 1.12 bits per heavy atom. The fourth-order valence-electron chi connectivity index (χ4n) is 3.35. The van der Waals surface area contributed by atoms with Crippen molar-refractivity contribution in [1.82, 2.24) is 14.7 Å². The number of halogens is 1. The van der Waals surface area contributed by atoms with E-state index in [4.69, 9.17) is 21.1 Å². The number of rotatable bonds is 9. The SMILES string of the molecule is COc1ccccc1CN(C)C(=O)COC(=O)/C=C/c1c(C)nn(Cc2ccc(C)cc2)c1Cl. The largest absolute Gasteiger partial charge is 0.496 e. The van der Waals surface area contributed by atoms with Crippen LogP contribution in [0.15, 0.2) is 54.6 Å². The molecule has 1 amide bonds. The van der Waals surface area contributed by atoms with Crippen molar-refractivity contribution in [2.45, 2.75) is 26.9 Å². The van der Waals surface area contributed by atoms with Gasteiger partial charge in [0, 0.05) is 30.8 Å². The number of carbonyl (C=O) groups is 2. The minimum atomic E-state index is -0.638. The number of nitrogens with zero attached hydrogens (tertiary/aromatic N) is 3. The van der Waals surface area contributed by atoms with Crippen molar-refractivity contribution in [1.29, 1.82) is 0 Å². The van der Waals surface area contributed by atoms with Gasteiger partial charge in [0.15, 0.2) is 6.61 Å². The van der Waals surface area contributed by atoms with E-state index in [1.54, 1.807) is 24.9 Å². The van der Waals surface area contributed by atoms with E-state index < -0.39 is 5.97 Å². The molecule has 0 saturated carbocycles. The molecule has 34 heavy (non-hydrogen) atoms. The maximum Gasteiger partial charge on any atom is 0.331 e. The van der Waals surface area contributed by atoms with Gasteiger partial charge in [-0.3, -0.25) is 4.79 Å². The average molecular weight is 482 g/mol. The van der Waals surface area contributed by atoms with Crippen molar-refractivity contribution >= 4 is 29.6 Å². The van der Waals surface area contributed by atoms with Gasteiger partial charge in [-0.1, -0.05) is 59.6 Å². The summed E-state index contributed by atoms with van der Waals surface area (Å²) in [5, 5.41) is 4.89. The molecule has 2 aromatic carbocycles. The first-order valence-corrected chi connectivity index (χ1v) is 11.2. The molecule has 0 spiro atoms. The second-order valence-corrected chi connectivity index (χ2v) is 8.29. The number of aryl methyl sites for hydroxylation is 2. The maximum atomic E-state index is 12.4. The van der Waals surface area contributed by atoms with Crippen LogP contribution in [0.5, 0.6) is 5.75 Å². The highest BCUT2D eigenvalue weighted by Gasteiger charge is 2.15. The Hall–Kier alpha value is -3.58. The standard InChI is InChI=1S/C26H28ClN3O4/c1-18-9-11-20(12-10-18)15-30-26(27)22(19(2)28-30)13-14-25(32)34-17-24(31)29(3)16-21-7-5-6-8-23(21)33-4/h5-14H,15-17H2,1-4H3/b14-13+. The molecule has 0 aliphatic heterocycles. The van der Waals surface area contributed by atoms with E-state index in [0.29, 0.717) is 35.2 Å². The predicted octanol–water partition coefficient (Wildman–Crippen LogP) is 4.43. The van der Waals surface area contributed by atoms with Gasteiger partial charge in [-0.05, 0) is 31.6 Å². The average Bonchev–Trinajstić information content (AvgIpc) is 3.09. The lowest BCUT2D eigenvalue weighted by Crippen LogP contribution is -2.30. The molecule has 1 heterocycles. The van der Waals surface area contributed by atoms with Crippen LogP contribution in [0.4, 0.5) is 0 Å². The van der Waals surface area contributed by atoms with Gasteiger partial charge in [-0.2, -0.15) is 5.10 Å². The molecule has 0 saturated heterocycles. The van der Waals surface area contributed by atoms with Crippen molar-refractivity contribution in [3.8, 4) is 5.75 Å². The fraction of sp³-hybridized carbons (Fsp3) is 0.269. The first-order valence-electron chi connectivity index (χ1n) is 10.8. The number of amides is 1. The minimum Gasteiger partial charge on any atom is -0.496 e. The van der Waals surface area contributed by atoms with Crippen LogP contribution in [0, 0.1) is 13.8 Å². The zero-order valence-corrected chi connectivity index (χ0v) is 20.5. The molecule has 1 aromatic heterocycles. The number of likely N-dealkylation sites (N-methyl/N-ethyl adjacent to an activating group) is 1. The molecule has 3 rings (SSSR count). The second-order valence-electron chi connectivity index (χ2n) is 7.94. The van der Waals surface area contributed by atoms with E-state index in [9.17, 15) is 9.59 Å². The van der Waals surface area contributed by atoms with Crippen molar-refractivity contribution in [3.05, 3.63) is 87.7 Å². The first kappa shape index (κ1) is 25.1. The highest BCUT2D eigenvalue weighted by Crippen LogP contribution is 2.23. The monoisotopic (exact) mass is 481 g/mol. The van der Waals surface area contributed by atoms with Crippen molar-refractivity contribution < 1.29 is 19.1 Å². The second kappa shape index (κ2) is 11.5. The number of hydrogen-bond donors (Lipinski definition) is 0. The van der Waals surface area contributed by atoms with Crippen LogP contribution >= 0.6 is 11.6 Å². The number of benzene rings is 2. The summed E-state index contributed by atoms with van der Waals surface area (Å²) in [7, 11) is 3.22. The van der Waals surface area contributed by atoms with Crippen molar-refractivity contribution in [2.75, 3.05) is 20.8 Å². The molecule has 0 aliphatic rings. The summed E-state index contributed by atoms with van der Waals surface area (Å²) in [6.45, 7) is 4.34. The van der Waals surface area contributed by atoms with Gasteiger partial charge < -0.3 is 14.4 Å². The summed E-state index contributed by atoms with van der Waals surface area (Å²) in [4.78, 5) is 26.0. The Morgan fingerprint density at radius 3 is 2.53 bits per heavy atom. The van der Waals surface area contributed by atoms with Crippen LogP contribution in [0.1, 0.15) is 27.9 Å². The number of para-hydroxylation sites is 1. The topological polar surface area (TPSA) is 73.7 Å². The number of esters is 1. The lowest BCUT2D eigenvalue weighted by molar-refractivity contribution is -0.147. The molecule has 0 radical (unpaired) electrons. The molecular weight excluding hydrogens is 454 g/mol. The van der Waals surface area contributed by atoms with Gasteiger partial charge in [0.25, 0.3) is 5.91 Å². The van der Waals surface area contributed by atoms with Crippen LogP contribution in [-0.4, -0.2) is 47.3 Å². The zero-order valence-electron chi connectivity index (χ0n) is 19.7. The summed E-state index contributed by atoms with van der Waals surface area (Å²) in [5.41, 5.74) is 4.43. The molecule has 178 valence electrons. The summed E-state index contributed by atoms with van der Waals surface area (Å²) in [5.74, 6) is -0.272. The van der Waals surface area contributed by atoms with Gasteiger partial charge in [0.2, 0.25) is 0 Å². The summed E-state index contributed by atoms with van der Waals surface area (Å²) < 4.78 is 12.1. The van der Waals surface area contributed by atoms with Crippen LogP contribution < -0.4 is 4.74 Å². The molecular formula is C26H28ClN3O4. The molecule has 0 fully saturated rings. The fourth-order valence-corrected chi connectivity index (χ4v) is 3.64. The molecule has 0 unspecified atom stereocenters. The van der Waals surface area contributed by atoms with Gasteiger partial charge >= 0.3 is 5.97 Å². The van der Waals surface area contributed by atoms with Crippen molar-refractivity contribution in [2.24, 2.45) is 0 Å². The molecule has 3 aromatic rings. The normalized spacial score (nSPS) is 11.0. The molecule has 0 N–H and O–H groups in total. The smallest absolute Gasteiger partial charge is 0.331 e. The quantitative estimate of drug-likeness (QED) is 0.334. The number of methoxy groups -OCH3 is 1. The van der Waals surface area contributed by atoms with Crippen LogP contribution in [0.2, 0.25) is 5.15 Å². The molecule has 0 atom stereocenters. The maximum absolute atomic E-state index is 12.4. The number of aromatic nitrogens is 2. The van der Waals surface area contributed by atoms with Crippen molar-refractivity contribution in [3.63, 3.8) is 0 Å². The summed E-state index contributed by atoms with van der Waals surface area (Å²) >= 11 is 6.49. The lowest BCUT2D eigenvalue weighted by atomic mass is 10.1. The molecule has 8 heteroatoms. The van der Waals surface area contributed by atoms with E-state index >= 15 is 0 Å². The number of hydrogen-bond acceptors (Lipinski definition) is 5. The first-order chi connectivity index (χ1) is 16.3. The minimum absolute atomic E-state index is 0.326. The third-order valence-electron chi connectivity index (χ3n) is 5.31. The molecule has 7 nitrogen and oxygen atoms in total. The molecule has 0 bridgehead atoms. The van der Waals surface area contributed by atoms with Gasteiger partial charge in [0.1, 0.15) is 10.9 Å². The Bertz CT molecular complexity index is 1190. The van der Waals surface area contributed by atoms with Crippen LogP contribution in [0.3, 0.4) is 0 Å². The van der Waals surface area contributed by atoms with E-state index in [1.807, 2.05) is 62.4 Å². The van der Waals surface area contributed by atoms with Gasteiger partial charge in [-0.25, -0.2) is 9.48 Å². The predicted molar refractivity (Wildman–Crippen MR) is 132 cm³/mol. The Labute approximate surface area is 204 Å². The lowest BCUT2D eigenvalue weighted by Gasteiger charge is -2.18. The zero-order chi connectivity index (χ0) is 24.7. The summed E-state index contributed by atoms with van der Waals surface area (Å²) in [6, 6.07) is 15.6. The van der Waals surface area contributed by atoms with E-state index in [-0.39, 0.29) is 12.5 Å². The third-order valence-corrected chi connectivity index (χ3v) is 5.71. The highest BCUT2D eigenvalue weighted by molar-refractivity contribution is 6.31. The Balaban J connectivity index is 1.55. The van der Waals surface area contributed by atoms with E-state index in [1.165, 1.54) is 16.5 Å².